The van der Waals surface area contributed by atoms with Gasteiger partial charge in [-0.1, -0.05) is 0 Å². The first-order valence-electron chi connectivity index (χ1n) is 11.4. The van der Waals surface area contributed by atoms with Crippen LogP contribution < -0.4 is 15.4 Å². The maximum Gasteiger partial charge on any atom is 0.227 e. The number of nitrogens with one attached hydrogen (secondary N) is 2. The van der Waals surface area contributed by atoms with Gasteiger partial charge in [0.1, 0.15) is 11.3 Å². The second-order valence-electron chi connectivity index (χ2n) is 8.17. The number of benzene rings is 1. The number of aryl methyl sites for hydroxylation is 2. The number of fused-ring (bicyclic) bond motifs is 1. The Morgan fingerprint density at radius 1 is 1.18 bits per heavy atom. The van der Waals surface area contributed by atoms with Gasteiger partial charge in [-0.05, 0) is 61.4 Å². The van der Waals surface area contributed by atoms with E-state index in [2.05, 4.69) is 31.1 Å². The molecule has 2 N–H and O–H groups in total. The van der Waals surface area contributed by atoms with Crippen molar-refractivity contribution in [3.8, 4) is 17.1 Å². The van der Waals surface area contributed by atoms with E-state index in [1.54, 1.807) is 11.7 Å². The lowest BCUT2D eigenvalue weighted by molar-refractivity contribution is 0.0904. The van der Waals surface area contributed by atoms with E-state index in [0.29, 0.717) is 30.2 Å². The van der Waals surface area contributed by atoms with E-state index in [-0.39, 0.29) is 0 Å². The Balaban J connectivity index is 1.46. The van der Waals surface area contributed by atoms with Gasteiger partial charge in [0.2, 0.25) is 5.95 Å². The Morgan fingerprint density at radius 2 is 2.03 bits per heavy atom. The predicted octanol–water partition coefficient (Wildman–Crippen LogP) is 3.26. The Labute approximate surface area is 196 Å². The molecule has 0 bridgehead atoms. The van der Waals surface area contributed by atoms with Gasteiger partial charge >= 0.3 is 0 Å². The first-order chi connectivity index (χ1) is 16.6. The smallest absolute Gasteiger partial charge is 0.227 e. The van der Waals surface area contributed by atoms with Crippen molar-refractivity contribution >= 4 is 28.4 Å². The lowest BCUT2D eigenvalue weighted by Gasteiger charge is -2.24. The van der Waals surface area contributed by atoms with Crippen LogP contribution in [0.1, 0.15) is 25.5 Å². The van der Waals surface area contributed by atoms with Gasteiger partial charge in [0.05, 0.1) is 12.3 Å². The van der Waals surface area contributed by atoms with Crippen LogP contribution >= 0.6 is 0 Å². The number of pyridine rings is 1. The average molecular weight is 462 g/mol. The van der Waals surface area contributed by atoms with Crippen molar-refractivity contribution in [2.24, 2.45) is 7.05 Å². The van der Waals surface area contributed by atoms with Gasteiger partial charge in [-0.2, -0.15) is 0 Å². The van der Waals surface area contributed by atoms with E-state index < -0.39 is 0 Å². The average Bonchev–Trinajstić information content (AvgIpc) is 3.27. The van der Waals surface area contributed by atoms with Gasteiger partial charge in [0, 0.05) is 49.1 Å². The monoisotopic (exact) mass is 461 g/mol. The van der Waals surface area contributed by atoms with Crippen molar-refractivity contribution in [2.75, 3.05) is 30.5 Å². The summed E-state index contributed by atoms with van der Waals surface area (Å²) in [5.74, 6) is 2.54. The van der Waals surface area contributed by atoms with E-state index in [9.17, 15) is 0 Å². The number of hydrogen-bond acceptors (Lipinski definition) is 10. The molecule has 3 aromatic heterocycles. The molecule has 0 saturated carbocycles. The molecular formula is C23H27N9O2. The van der Waals surface area contributed by atoms with Crippen LogP contribution in [-0.2, 0) is 11.8 Å². The van der Waals surface area contributed by atoms with Gasteiger partial charge in [-0.15, -0.1) is 5.10 Å². The largest absolute Gasteiger partial charge is 0.492 e. The molecule has 34 heavy (non-hydrogen) atoms. The normalized spacial score (nSPS) is 14.3. The molecular weight excluding hydrogens is 434 g/mol. The lowest BCUT2D eigenvalue weighted by Crippen LogP contribution is -2.28. The van der Waals surface area contributed by atoms with Crippen LogP contribution in [0, 0.1) is 6.92 Å². The zero-order chi connectivity index (χ0) is 23.5. The summed E-state index contributed by atoms with van der Waals surface area (Å²) < 4.78 is 13.0. The van der Waals surface area contributed by atoms with Gasteiger partial charge in [0.15, 0.2) is 11.6 Å². The third kappa shape index (κ3) is 4.60. The molecule has 0 unspecified atom stereocenters. The summed E-state index contributed by atoms with van der Waals surface area (Å²) in [6, 6.07) is 8.05. The third-order valence-electron chi connectivity index (χ3n) is 5.66. The van der Waals surface area contributed by atoms with Gasteiger partial charge in [-0.3, -0.25) is 0 Å². The minimum Gasteiger partial charge on any atom is -0.492 e. The van der Waals surface area contributed by atoms with E-state index >= 15 is 0 Å². The summed E-state index contributed by atoms with van der Waals surface area (Å²) in [5, 5.41) is 19.5. The number of anilines is 3. The Bertz CT molecular complexity index is 1300. The third-order valence-corrected chi connectivity index (χ3v) is 5.66. The van der Waals surface area contributed by atoms with Crippen LogP contribution in [-0.4, -0.2) is 61.0 Å². The summed E-state index contributed by atoms with van der Waals surface area (Å²) in [7, 11) is 1.80. The Kier molecular flexibility index (Phi) is 6.17. The summed E-state index contributed by atoms with van der Waals surface area (Å²) in [5.41, 5.74) is 3.29. The molecule has 0 atom stereocenters. The van der Waals surface area contributed by atoms with Gasteiger partial charge < -0.3 is 20.1 Å². The summed E-state index contributed by atoms with van der Waals surface area (Å²) in [6.07, 6.45) is 3.70. The maximum absolute atomic E-state index is 5.88. The van der Waals surface area contributed by atoms with Crippen molar-refractivity contribution in [3.63, 3.8) is 0 Å². The van der Waals surface area contributed by atoms with E-state index in [4.69, 9.17) is 19.4 Å². The second kappa shape index (κ2) is 9.56. The first-order valence-corrected chi connectivity index (χ1v) is 11.4. The van der Waals surface area contributed by atoms with Gasteiger partial charge in [-0.25, -0.2) is 19.6 Å². The fourth-order valence-electron chi connectivity index (χ4n) is 4.00. The summed E-state index contributed by atoms with van der Waals surface area (Å²) in [6.45, 7) is 5.93. The van der Waals surface area contributed by atoms with Crippen LogP contribution in [0.25, 0.3) is 22.3 Å². The molecule has 5 rings (SSSR count). The molecule has 1 aromatic carbocycles. The molecule has 1 fully saturated rings. The molecule has 0 spiro atoms. The predicted molar refractivity (Wildman–Crippen MR) is 128 cm³/mol. The van der Waals surface area contributed by atoms with Crippen molar-refractivity contribution in [3.05, 3.63) is 36.2 Å². The van der Waals surface area contributed by atoms with Crippen molar-refractivity contribution in [1.82, 2.24) is 35.2 Å². The minimum atomic E-state index is 0.310. The molecule has 1 aliphatic rings. The number of nitrogens with zero attached hydrogens (tertiary/aromatic N) is 7. The zero-order valence-corrected chi connectivity index (χ0v) is 19.4. The minimum absolute atomic E-state index is 0.310. The van der Waals surface area contributed by atoms with Crippen molar-refractivity contribution in [2.45, 2.75) is 32.7 Å². The lowest BCUT2D eigenvalue weighted by atomic mass is 10.1. The molecule has 176 valence electrons. The highest BCUT2D eigenvalue weighted by Gasteiger charge is 2.17. The number of aromatic nitrogens is 7. The van der Waals surface area contributed by atoms with Crippen LogP contribution in [0.4, 0.5) is 17.5 Å². The van der Waals surface area contributed by atoms with Gasteiger partial charge in [0.25, 0.3) is 0 Å². The van der Waals surface area contributed by atoms with Crippen LogP contribution in [0.15, 0.2) is 30.5 Å². The van der Waals surface area contributed by atoms with Crippen LogP contribution in [0.2, 0.25) is 0 Å². The highest BCUT2D eigenvalue weighted by atomic mass is 16.5. The van der Waals surface area contributed by atoms with E-state index in [0.717, 1.165) is 59.7 Å². The molecule has 1 saturated heterocycles. The number of hydrogen-bond donors (Lipinski definition) is 2. The molecule has 1 aliphatic heterocycles. The second-order valence-corrected chi connectivity index (χ2v) is 8.17. The fourth-order valence-corrected chi connectivity index (χ4v) is 4.00. The molecule has 11 nitrogen and oxygen atoms in total. The van der Waals surface area contributed by atoms with E-state index in [1.807, 2.05) is 44.3 Å². The maximum atomic E-state index is 5.88. The molecule has 4 aromatic rings. The molecule has 0 aliphatic carbocycles. The molecule has 0 amide bonds. The summed E-state index contributed by atoms with van der Waals surface area (Å²) in [4.78, 5) is 14.0. The molecule has 11 heteroatoms. The van der Waals surface area contributed by atoms with E-state index in [1.165, 1.54) is 0 Å². The zero-order valence-electron chi connectivity index (χ0n) is 19.4. The number of ether oxygens (including phenoxy) is 2. The van der Waals surface area contributed by atoms with Crippen LogP contribution in [0.3, 0.4) is 0 Å². The van der Waals surface area contributed by atoms with Crippen LogP contribution in [0.5, 0.6) is 5.75 Å². The first kappa shape index (κ1) is 22.0. The molecule has 4 heterocycles. The fraction of sp³-hybridized carbons (Fsp3) is 0.391. The molecule has 0 radical (unpaired) electrons. The van der Waals surface area contributed by atoms with Crippen molar-refractivity contribution < 1.29 is 9.47 Å². The summed E-state index contributed by atoms with van der Waals surface area (Å²) >= 11 is 0. The SMILES string of the molecule is CCOc1cc(-c2nnnn2C)ccc1Nc1ncc2cc(C)nc(NC3CCOCC3)c2n1. The standard InChI is InChI=1S/C23H27N9O2/c1-4-34-19-12-15(22-29-30-31-32(22)3)5-6-18(19)27-23-24-13-16-11-14(2)25-21(20(16)28-23)26-17-7-9-33-10-8-17/h5-6,11-13,17H,4,7-10H2,1-3H3,(H,25,26)(H,24,27,28). The highest BCUT2D eigenvalue weighted by molar-refractivity contribution is 5.89. The number of rotatable bonds is 7. The number of tetrazole rings is 1. The Hall–Kier alpha value is -3.86. The topological polar surface area (TPSA) is 125 Å². The van der Waals surface area contributed by atoms with Crippen molar-refractivity contribution in [1.29, 1.82) is 0 Å². The Morgan fingerprint density at radius 3 is 2.79 bits per heavy atom. The highest BCUT2D eigenvalue weighted by Crippen LogP contribution is 2.32. The quantitative estimate of drug-likeness (QED) is 0.424.